The smallest absolute Gasteiger partial charge is 0.259 e. The highest BCUT2D eigenvalue weighted by Crippen LogP contribution is 2.28. The Balaban J connectivity index is 1.64. The molecule has 0 unspecified atom stereocenters. The summed E-state index contributed by atoms with van der Waals surface area (Å²) in [7, 11) is 1.56. The second-order valence-electron chi connectivity index (χ2n) is 7.19. The fourth-order valence-corrected chi connectivity index (χ4v) is 3.53. The molecule has 29 heavy (non-hydrogen) atoms. The molecule has 1 amide bonds. The number of nitrogens with zero attached hydrogens (tertiary/aromatic N) is 1. The normalized spacial score (nSPS) is 10.9. The third-order valence-corrected chi connectivity index (χ3v) is 4.77. The number of amides is 1. The number of hydrogen-bond acceptors (Lipinski definition) is 4. The van der Waals surface area contributed by atoms with E-state index in [-0.39, 0.29) is 5.91 Å². The Kier molecular flexibility index (Phi) is 4.80. The highest BCUT2D eigenvalue weighted by molar-refractivity contribution is 6.07. The first kappa shape index (κ1) is 18.7. The second-order valence-corrected chi connectivity index (χ2v) is 7.19. The Labute approximate surface area is 169 Å². The molecule has 1 N–H and O–H groups in total. The average molecular weight is 386 g/mol. The zero-order valence-electron chi connectivity index (χ0n) is 16.9. The average Bonchev–Trinajstić information content (AvgIpc) is 3.10. The number of aryl methyl sites for hydroxylation is 3. The van der Waals surface area contributed by atoms with E-state index in [0.29, 0.717) is 34.0 Å². The third-order valence-electron chi connectivity index (χ3n) is 4.77. The Morgan fingerprint density at radius 2 is 1.76 bits per heavy atom. The summed E-state index contributed by atoms with van der Waals surface area (Å²) in [5, 5.41) is 2.92. The first-order valence-corrected chi connectivity index (χ1v) is 9.39. The molecule has 0 aliphatic rings. The Bertz CT molecular complexity index is 1200. The number of anilines is 1. The van der Waals surface area contributed by atoms with E-state index in [9.17, 15) is 4.79 Å². The highest BCUT2D eigenvalue weighted by Gasteiger charge is 2.15. The summed E-state index contributed by atoms with van der Waals surface area (Å²) in [6.45, 7) is 6.00. The van der Waals surface area contributed by atoms with Crippen molar-refractivity contribution in [1.29, 1.82) is 0 Å². The predicted octanol–water partition coefficient (Wildman–Crippen LogP) is 5.68. The maximum absolute atomic E-state index is 12.7. The van der Waals surface area contributed by atoms with Gasteiger partial charge in [-0.25, -0.2) is 4.98 Å². The van der Waals surface area contributed by atoms with Crippen LogP contribution in [-0.4, -0.2) is 18.0 Å². The van der Waals surface area contributed by atoms with Crippen LogP contribution in [0.1, 0.15) is 27.0 Å². The molecule has 5 heteroatoms. The topological polar surface area (TPSA) is 64.4 Å². The van der Waals surface area contributed by atoms with Gasteiger partial charge in [0.2, 0.25) is 5.89 Å². The largest absolute Gasteiger partial charge is 0.496 e. The van der Waals surface area contributed by atoms with Gasteiger partial charge in [-0.15, -0.1) is 0 Å². The van der Waals surface area contributed by atoms with Crippen LogP contribution in [-0.2, 0) is 0 Å². The van der Waals surface area contributed by atoms with E-state index in [1.165, 1.54) is 0 Å². The lowest BCUT2D eigenvalue weighted by Crippen LogP contribution is -2.13. The number of para-hydroxylation sites is 1. The zero-order chi connectivity index (χ0) is 20.5. The van der Waals surface area contributed by atoms with E-state index in [1.54, 1.807) is 19.2 Å². The molecule has 0 saturated heterocycles. The van der Waals surface area contributed by atoms with Crippen LogP contribution >= 0.6 is 0 Å². The molecule has 0 spiro atoms. The minimum absolute atomic E-state index is 0.233. The first-order chi connectivity index (χ1) is 13.9. The van der Waals surface area contributed by atoms with Crippen LogP contribution in [0.4, 0.5) is 5.69 Å². The van der Waals surface area contributed by atoms with Crippen LogP contribution in [0.2, 0.25) is 0 Å². The monoisotopic (exact) mass is 386 g/mol. The lowest BCUT2D eigenvalue weighted by atomic mass is 10.1. The molecule has 0 aliphatic heterocycles. The minimum atomic E-state index is -0.233. The summed E-state index contributed by atoms with van der Waals surface area (Å²) < 4.78 is 11.3. The molecule has 0 fully saturated rings. The maximum Gasteiger partial charge on any atom is 0.259 e. The number of methoxy groups -OCH3 is 1. The molecule has 5 nitrogen and oxygen atoms in total. The van der Waals surface area contributed by atoms with Gasteiger partial charge >= 0.3 is 0 Å². The van der Waals surface area contributed by atoms with Crippen LogP contribution in [0.5, 0.6) is 5.75 Å². The predicted molar refractivity (Wildman–Crippen MR) is 115 cm³/mol. The molecule has 3 aromatic carbocycles. The number of benzene rings is 3. The van der Waals surface area contributed by atoms with Gasteiger partial charge in [-0.05, 0) is 62.7 Å². The zero-order valence-corrected chi connectivity index (χ0v) is 16.9. The minimum Gasteiger partial charge on any atom is -0.496 e. The quantitative estimate of drug-likeness (QED) is 0.490. The second kappa shape index (κ2) is 7.43. The van der Waals surface area contributed by atoms with Crippen LogP contribution in [0, 0.1) is 20.8 Å². The molecule has 0 radical (unpaired) electrons. The fraction of sp³-hybridized carbons (Fsp3) is 0.167. The first-order valence-electron chi connectivity index (χ1n) is 9.39. The Hall–Kier alpha value is -3.60. The van der Waals surface area contributed by atoms with Gasteiger partial charge in [-0.2, -0.15) is 0 Å². The van der Waals surface area contributed by atoms with Crippen molar-refractivity contribution in [2.75, 3.05) is 12.4 Å². The summed E-state index contributed by atoms with van der Waals surface area (Å²) in [4.78, 5) is 17.4. The fourth-order valence-electron chi connectivity index (χ4n) is 3.53. The summed E-state index contributed by atoms with van der Waals surface area (Å²) in [5.74, 6) is 0.906. The van der Waals surface area contributed by atoms with Crippen molar-refractivity contribution in [3.63, 3.8) is 0 Å². The van der Waals surface area contributed by atoms with Gasteiger partial charge < -0.3 is 14.5 Å². The molecule has 1 heterocycles. The maximum atomic E-state index is 12.7. The van der Waals surface area contributed by atoms with Crippen molar-refractivity contribution < 1.29 is 13.9 Å². The van der Waals surface area contributed by atoms with E-state index < -0.39 is 0 Å². The Morgan fingerprint density at radius 3 is 2.48 bits per heavy atom. The number of hydrogen-bond donors (Lipinski definition) is 1. The molecular weight excluding hydrogens is 364 g/mol. The number of ether oxygens (including phenoxy) is 1. The highest BCUT2D eigenvalue weighted by atomic mass is 16.5. The molecule has 0 bridgehead atoms. The van der Waals surface area contributed by atoms with Gasteiger partial charge in [0.1, 0.15) is 11.3 Å². The summed E-state index contributed by atoms with van der Waals surface area (Å²) in [6, 6.07) is 17.1. The molecule has 0 aliphatic carbocycles. The molecule has 4 aromatic rings. The van der Waals surface area contributed by atoms with E-state index >= 15 is 0 Å². The van der Waals surface area contributed by atoms with E-state index in [1.807, 2.05) is 57.2 Å². The summed E-state index contributed by atoms with van der Waals surface area (Å²) in [5.41, 5.74) is 6.65. The lowest BCUT2D eigenvalue weighted by Gasteiger charge is -2.11. The van der Waals surface area contributed by atoms with Crippen LogP contribution in [0.3, 0.4) is 0 Å². The summed E-state index contributed by atoms with van der Waals surface area (Å²) in [6.07, 6.45) is 0. The number of aromatic nitrogens is 1. The molecule has 0 saturated carbocycles. The van der Waals surface area contributed by atoms with Crippen LogP contribution < -0.4 is 10.1 Å². The number of carbonyl (C=O) groups is 1. The van der Waals surface area contributed by atoms with Gasteiger partial charge in [0.25, 0.3) is 5.91 Å². The SMILES string of the molecule is COc1c(C)cccc1C(=O)Nc1ccc2oc(-c3cc(C)cc(C)c3)nc2c1. The summed E-state index contributed by atoms with van der Waals surface area (Å²) >= 11 is 0. The van der Waals surface area contributed by atoms with Gasteiger partial charge in [0, 0.05) is 11.3 Å². The van der Waals surface area contributed by atoms with Gasteiger partial charge in [0.05, 0.1) is 12.7 Å². The Morgan fingerprint density at radius 1 is 1.00 bits per heavy atom. The molecule has 4 rings (SSSR count). The van der Waals surface area contributed by atoms with Crippen LogP contribution in [0.15, 0.2) is 59.0 Å². The van der Waals surface area contributed by atoms with Crippen molar-refractivity contribution in [3.05, 3.63) is 76.9 Å². The third kappa shape index (κ3) is 3.72. The molecular formula is C24H22N2O3. The number of rotatable bonds is 4. The van der Waals surface area contributed by atoms with Gasteiger partial charge in [-0.1, -0.05) is 29.3 Å². The van der Waals surface area contributed by atoms with E-state index in [2.05, 4.69) is 16.4 Å². The number of carbonyl (C=O) groups excluding carboxylic acids is 1. The van der Waals surface area contributed by atoms with Crippen LogP contribution in [0.25, 0.3) is 22.6 Å². The van der Waals surface area contributed by atoms with E-state index in [4.69, 9.17) is 9.15 Å². The number of fused-ring (bicyclic) bond motifs is 1. The standard InChI is InChI=1S/C24H22N2O3/c1-14-10-15(2)12-17(11-14)24-26-20-13-18(8-9-21(20)29-24)25-23(27)19-7-5-6-16(3)22(19)28-4/h5-13H,1-4H3,(H,25,27). The molecule has 146 valence electrons. The van der Waals surface area contributed by atoms with Crippen molar-refractivity contribution in [1.82, 2.24) is 4.98 Å². The number of oxazole rings is 1. The number of nitrogens with one attached hydrogen (secondary N) is 1. The van der Waals surface area contributed by atoms with Crippen molar-refractivity contribution in [3.8, 4) is 17.2 Å². The van der Waals surface area contributed by atoms with Crippen molar-refractivity contribution in [2.45, 2.75) is 20.8 Å². The van der Waals surface area contributed by atoms with Crippen molar-refractivity contribution >= 4 is 22.7 Å². The van der Waals surface area contributed by atoms with Gasteiger partial charge in [0.15, 0.2) is 5.58 Å². The van der Waals surface area contributed by atoms with Crippen molar-refractivity contribution in [2.24, 2.45) is 0 Å². The molecule has 1 aromatic heterocycles. The molecule has 0 atom stereocenters. The van der Waals surface area contributed by atoms with Gasteiger partial charge in [-0.3, -0.25) is 4.79 Å². The van der Waals surface area contributed by atoms with E-state index in [0.717, 1.165) is 22.3 Å². The lowest BCUT2D eigenvalue weighted by molar-refractivity contribution is 0.102.